The summed E-state index contributed by atoms with van der Waals surface area (Å²) in [5.41, 5.74) is 1.85. The zero-order chi connectivity index (χ0) is 17.8. The maximum absolute atomic E-state index is 12.4. The van der Waals surface area contributed by atoms with E-state index in [9.17, 15) is 13.6 Å². The first-order valence-corrected chi connectivity index (χ1v) is 7.93. The van der Waals surface area contributed by atoms with E-state index >= 15 is 0 Å². The lowest BCUT2D eigenvalue weighted by Crippen LogP contribution is -2.28. The number of pyridine rings is 1. The Bertz CT molecular complexity index is 792. The number of anilines is 1. The lowest BCUT2D eigenvalue weighted by atomic mass is 9.92. The van der Waals surface area contributed by atoms with Gasteiger partial charge in [-0.1, -0.05) is 12.1 Å². The van der Waals surface area contributed by atoms with E-state index in [2.05, 4.69) is 15.0 Å². The van der Waals surface area contributed by atoms with Gasteiger partial charge < -0.3 is 10.1 Å². The third-order valence-corrected chi connectivity index (χ3v) is 4.09. The van der Waals surface area contributed by atoms with Gasteiger partial charge in [0.15, 0.2) is 6.29 Å². The van der Waals surface area contributed by atoms with Crippen molar-refractivity contribution in [3.8, 4) is 5.75 Å². The van der Waals surface area contributed by atoms with Gasteiger partial charge in [-0.2, -0.15) is 8.78 Å². The van der Waals surface area contributed by atoms with E-state index in [1.54, 1.807) is 18.2 Å². The van der Waals surface area contributed by atoms with Crippen LogP contribution in [0.2, 0.25) is 0 Å². The third-order valence-electron chi connectivity index (χ3n) is 4.09. The summed E-state index contributed by atoms with van der Waals surface area (Å²) in [6.45, 7) is -2.93. The normalized spacial score (nSPS) is 14.0. The Hall–Kier alpha value is -2.83. The largest absolute Gasteiger partial charge is 0.435 e. The predicted octanol–water partition coefficient (Wildman–Crippen LogP) is 3.88. The number of halogens is 2. The van der Waals surface area contributed by atoms with Crippen molar-refractivity contribution in [1.82, 2.24) is 4.98 Å². The number of aldehydes is 1. The molecular formula is C18H17F2N3O2. The van der Waals surface area contributed by atoms with Crippen LogP contribution in [-0.4, -0.2) is 29.6 Å². The Labute approximate surface area is 143 Å². The lowest BCUT2D eigenvalue weighted by molar-refractivity contribution is -0.0498. The van der Waals surface area contributed by atoms with Crippen LogP contribution in [0.1, 0.15) is 40.9 Å². The summed E-state index contributed by atoms with van der Waals surface area (Å²) in [7, 11) is 0. The van der Waals surface area contributed by atoms with E-state index < -0.39 is 6.61 Å². The molecule has 1 heterocycles. The predicted molar refractivity (Wildman–Crippen MR) is 89.9 cm³/mol. The molecule has 1 fully saturated rings. The van der Waals surface area contributed by atoms with E-state index in [0.29, 0.717) is 34.8 Å². The summed E-state index contributed by atoms with van der Waals surface area (Å²) in [6.07, 6.45) is 5.27. The summed E-state index contributed by atoms with van der Waals surface area (Å²) in [5.74, 6) is -0.0183. The van der Waals surface area contributed by atoms with Crippen molar-refractivity contribution in [1.29, 1.82) is 5.41 Å². The van der Waals surface area contributed by atoms with E-state index in [0.717, 1.165) is 19.3 Å². The maximum Gasteiger partial charge on any atom is 0.387 e. The molecule has 2 N–H and O–H groups in total. The van der Waals surface area contributed by atoms with Crippen LogP contribution in [0, 0.1) is 5.41 Å². The molecule has 0 radical (unpaired) electrons. The number of hydrogen-bond donors (Lipinski definition) is 2. The highest BCUT2D eigenvalue weighted by Gasteiger charge is 2.21. The van der Waals surface area contributed by atoms with Crippen LogP contribution >= 0.6 is 0 Å². The van der Waals surface area contributed by atoms with E-state index in [4.69, 9.17) is 5.41 Å². The van der Waals surface area contributed by atoms with Crippen LogP contribution in [0.15, 0.2) is 36.5 Å². The molecule has 1 aliphatic rings. The highest BCUT2D eigenvalue weighted by Crippen LogP contribution is 2.27. The number of nitrogens with zero attached hydrogens (tertiary/aromatic N) is 1. The molecule has 2 aromatic rings. The molecule has 0 bridgehead atoms. The summed E-state index contributed by atoms with van der Waals surface area (Å²) >= 11 is 0. The quantitative estimate of drug-likeness (QED) is 0.590. The van der Waals surface area contributed by atoms with Gasteiger partial charge >= 0.3 is 6.61 Å². The lowest BCUT2D eigenvalue weighted by Gasteiger charge is -2.28. The smallest absolute Gasteiger partial charge is 0.387 e. The van der Waals surface area contributed by atoms with E-state index in [-0.39, 0.29) is 11.5 Å². The van der Waals surface area contributed by atoms with Crippen LogP contribution in [0.25, 0.3) is 0 Å². The molecule has 1 aromatic heterocycles. The van der Waals surface area contributed by atoms with Crippen molar-refractivity contribution in [2.75, 3.05) is 5.32 Å². The number of carbonyl (C=O) groups is 1. The van der Waals surface area contributed by atoms with Crippen molar-refractivity contribution in [3.63, 3.8) is 0 Å². The van der Waals surface area contributed by atoms with Gasteiger partial charge in [0.1, 0.15) is 11.4 Å². The zero-order valence-electron chi connectivity index (χ0n) is 13.3. The fraction of sp³-hybridized carbons (Fsp3) is 0.278. The Morgan fingerprint density at radius 2 is 2.16 bits per heavy atom. The minimum Gasteiger partial charge on any atom is -0.435 e. The summed E-state index contributed by atoms with van der Waals surface area (Å²) in [5, 5.41) is 11.7. The Morgan fingerprint density at radius 1 is 1.36 bits per heavy atom. The SMILES string of the molecule is N=C(c1cccc(OC(F)F)c1)c1ncc(C=O)cc1NC1CCC1. The number of carbonyl (C=O) groups excluding carboxylic acids is 1. The molecule has 0 amide bonds. The standard InChI is InChI=1S/C18H17F2N3O2/c19-18(20)25-14-6-1-3-12(8-14)16(21)17-15(23-13-4-2-5-13)7-11(10-24)9-22-17/h1,3,6-10,13,18,21,23H,2,4-5H2. The number of hydrogen-bond acceptors (Lipinski definition) is 5. The van der Waals surface area contributed by atoms with Gasteiger partial charge in [-0.25, -0.2) is 0 Å². The van der Waals surface area contributed by atoms with Crippen LogP contribution < -0.4 is 10.1 Å². The molecule has 0 atom stereocenters. The molecule has 0 spiro atoms. The van der Waals surface area contributed by atoms with Crippen LogP contribution in [0.3, 0.4) is 0 Å². The maximum atomic E-state index is 12.4. The number of aromatic nitrogens is 1. The Morgan fingerprint density at radius 3 is 2.80 bits per heavy atom. The fourth-order valence-corrected chi connectivity index (χ4v) is 2.59. The Kier molecular flexibility index (Phi) is 5.02. The first kappa shape index (κ1) is 17.0. The zero-order valence-corrected chi connectivity index (χ0v) is 13.3. The second-order valence-corrected chi connectivity index (χ2v) is 5.84. The fourth-order valence-electron chi connectivity index (χ4n) is 2.59. The van der Waals surface area contributed by atoms with Crippen molar-refractivity contribution in [3.05, 3.63) is 53.3 Å². The topological polar surface area (TPSA) is 75.1 Å². The van der Waals surface area contributed by atoms with Crippen molar-refractivity contribution >= 4 is 17.7 Å². The summed E-state index contributed by atoms with van der Waals surface area (Å²) < 4.78 is 29.1. The molecule has 0 aliphatic heterocycles. The molecule has 1 aromatic carbocycles. The highest BCUT2D eigenvalue weighted by atomic mass is 19.3. The number of benzene rings is 1. The third kappa shape index (κ3) is 3.99. The second kappa shape index (κ2) is 7.38. The van der Waals surface area contributed by atoms with Crippen LogP contribution in [-0.2, 0) is 0 Å². The molecule has 1 saturated carbocycles. The molecule has 1 aliphatic carbocycles. The molecule has 0 unspecified atom stereocenters. The average Bonchev–Trinajstić information content (AvgIpc) is 2.57. The second-order valence-electron chi connectivity index (χ2n) is 5.84. The van der Waals surface area contributed by atoms with Gasteiger partial charge in [0.05, 0.1) is 11.4 Å². The molecule has 130 valence electrons. The van der Waals surface area contributed by atoms with Gasteiger partial charge in [0.25, 0.3) is 0 Å². The van der Waals surface area contributed by atoms with E-state index in [1.807, 2.05) is 0 Å². The molecule has 3 rings (SSSR count). The summed E-state index contributed by atoms with van der Waals surface area (Å²) in [6, 6.07) is 7.89. The molecule has 25 heavy (non-hydrogen) atoms. The average molecular weight is 345 g/mol. The monoisotopic (exact) mass is 345 g/mol. The first-order valence-electron chi connectivity index (χ1n) is 7.93. The van der Waals surface area contributed by atoms with Crippen molar-refractivity contribution < 1.29 is 18.3 Å². The van der Waals surface area contributed by atoms with Gasteiger partial charge in [0, 0.05) is 23.4 Å². The number of rotatable bonds is 7. The van der Waals surface area contributed by atoms with Crippen molar-refractivity contribution in [2.45, 2.75) is 31.9 Å². The van der Waals surface area contributed by atoms with Crippen LogP contribution in [0.5, 0.6) is 5.75 Å². The van der Waals surface area contributed by atoms with Crippen LogP contribution in [0.4, 0.5) is 14.5 Å². The minimum atomic E-state index is -2.93. The van der Waals surface area contributed by atoms with Gasteiger partial charge in [-0.05, 0) is 37.5 Å². The molecule has 7 heteroatoms. The molecule has 0 saturated heterocycles. The summed E-state index contributed by atoms with van der Waals surface area (Å²) in [4.78, 5) is 15.2. The first-order chi connectivity index (χ1) is 12.1. The van der Waals surface area contributed by atoms with Gasteiger partial charge in [-0.3, -0.25) is 15.2 Å². The van der Waals surface area contributed by atoms with E-state index in [1.165, 1.54) is 18.3 Å². The van der Waals surface area contributed by atoms with Gasteiger partial charge in [-0.15, -0.1) is 0 Å². The highest BCUT2D eigenvalue weighted by molar-refractivity contribution is 6.13. The number of nitrogens with one attached hydrogen (secondary N) is 2. The minimum absolute atomic E-state index is 0.0183. The number of alkyl halides is 2. The Balaban J connectivity index is 1.91. The molecular weight excluding hydrogens is 328 g/mol. The van der Waals surface area contributed by atoms with Crippen molar-refractivity contribution in [2.24, 2.45) is 0 Å². The molecule has 5 nitrogen and oxygen atoms in total. The van der Waals surface area contributed by atoms with Gasteiger partial charge in [0.2, 0.25) is 0 Å². The number of ether oxygens (including phenoxy) is 1.